The quantitative estimate of drug-likeness (QED) is 0.533. The summed E-state index contributed by atoms with van der Waals surface area (Å²) in [6.45, 7) is 0.673. The number of azo groups is 1. The highest BCUT2D eigenvalue weighted by Crippen LogP contribution is 2.19. The highest BCUT2D eigenvalue weighted by molar-refractivity contribution is 7.18. The Balaban J connectivity index is 2.51. The molecular formula is C10H12N3S+. The minimum atomic E-state index is 0.673. The molecule has 0 bridgehead atoms. The second kappa shape index (κ2) is 3.84. The Kier molecular flexibility index (Phi) is 2.54. The average molecular weight is 206 g/mol. The largest absolute Gasteiger partial charge is 0.261 e. The molecule has 0 aliphatic carbocycles. The molecule has 0 fully saturated rings. The van der Waals surface area contributed by atoms with Crippen LogP contribution in [0.1, 0.15) is 5.01 Å². The van der Waals surface area contributed by atoms with E-state index in [1.807, 2.05) is 0 Å². The molecule has 0 N–H and O–H groups in total. The molecule has 72 valence electrons. The smallest absolute Gasteiger partial charge is 0.197 e. The van der Waals surface area contributed by atoms with Gasteiger partial charge in [0.05, 0.1) is 0 Å². The third-order valence-electron chi connectivity index (χ3n) is 2.18. The second-order valence-corrected chi connectivity index (χ2v) is 4.14. The SMILES string of the molecule is CN=NCc1sc2ccccc2[n+]1C. The summed E-state index contributed by atoms with van der Waals surface area (Å²) in [5.41, 5.74) is 1.26. The average Bonchev–Trinajstić information content (AvgIpc) is 2.54. The third-order valence-corrected chi connectivity index (χ3v) is 3.38. The zero-order valence-electron chi connectivity index (χ0n) is 8.27. The number of benzene rings is 1. The Hall–Kier alpha value is -1.29. The van der Waals surface area contributed by atoms with Crippen LogP contribution in [0.5, 0.6) is 0 Å². The molecule has 0 saturated carbocycles. The fourth-order valence-electron chi connectivity index (χ4n) is 1.42. The van der Waals surface area contributed by atoms with Crippen LogP contribution < -0.4 is 4.57 Å². The Labute approximate surface area is 86.7 Å². The molecule has 0 atom stereocenters. The molecule has 0 aliphatic heterocycles. The normalized spacial score (nSPS) is 11.6. The van der Waals surface area contributed by atoms with Crippen molar-refractivity contribution < 1.29 is 4.57 Å². The minimum absolute atomic E-state index is 0.673. The van der Waals surface area contributed by atoms with Gasteiger partial charge in [-0.3, -0.25) is 0 Å². The van der Waals surface area contributed by atoms with Crippen LogP contribution in [0.3, 0.4) is 0 Å². The van der Waals surface area contributed by atoms with Gasteiger partial charge in [0, 0.05) is 13.1 Å². The van der Waals surface area contributed by atoms with Gasteiger partial charge in [0.25, 0.3) is 5.01 Å². The maximum atomic E-state index is 4.01. The summed E-state index contributed by atoms with van der Waals surface area (Å²) in [6.07, 6.45) is 0. The lowest BCUT2D eigenvalue weighted by Crippen LogP contribution is -2.30. The number of fused-ring (bicyclic) bond motifs is 1. The second-order valence-electron chi connectivity index (χ2n) is 3.02. The predicted molar refractivity (Wildman–Crippen MR) is 57.5 cm³/mol. The van der Waals surface area contributed by atoms with Crippen molar-refractivity contribution in [1.82, 2.24) is 0 Å². The number of hydrogen-bond donors (Lipinski definition) is 0. The maximum absolute atomic E-state index is 4.01. The van der Waals surface area contributed by atoms with Crippen molar-refractivity contribution in [3.63, 3.8) is 0 Å². The van der Waals surface area contributed by atoms with Gasteiger partial charge in [-0.05, 0) is 6.07 Å². The van der Waals surface area contributed by atoms with Gasteiger partial charge in [-0.2, -0.15) is 14.8 Å². The Morgan fingerprint density at radius 2 is 2.14 bits per heavy atom. The number of aromatic nitrogens is 1. The van der Waals surface area contributed by atoms with Crippen molar-refractivity contribution in [3.8, 4) is 0 Å². The molecule has 2 aromatic rings. The van der Waals surface area contributed by atoms with Crippen molar-refractivity contribution in [1.29, 1.82) is 0 Å². The predicted octanol–water partition coefficient (Wildman–Crippen LogP) is 2.31. The molecule has 0 unspecified atom stereocenters. The van der Waals surface area contributed by atoms with Crippen LogP contribution >= 0.6 is 11.3 Å². The van der Waals surface area contributed by atoms with E-state index >= 15 is 0 Å². The van der Waals surface area contributed by atoms with Crippen LogP contribution in [0.2, 0.25) is 0 Å². The third kappa shape index (κ3) is 1.53. The lowest BCUT2D eigenvalue weighted by Gasteiger charge is -1.86. The summed E-state index contributed by atoms with van der Waals surface area (Å²) in [5.74, 6) is 0. The summed E-state index contributed by atoms with van der Waals surface area (Å²) in [6, 6.07) is 8.37. The van der Waals surface area contributed by atoms with E-state index in [4.69, 9.17) is 0 Å². The van der Waals surface area contributed by atoms with Crippen molar-refractivity contribution in [2.24, 2.45) is 17.3 Å². The Morgan fingerprint density at radius 3 is 2.86 bits per heavy atom. The van der Waals surface area contributed by atoms with Gasteiger partial charge in [0.15, 0.2) is 6.54 Å². The van der Waals surface area contributed by atoms with E-state index in [1.54, 1.807) is 18.4 Å². The zero-order chi connectivity index (χ0) is 9.97. The van der Waals surface area contributed by atoms with Crippen LogP contribution in [0.25, 0.3) is 10.2 Å². The van der Waals surface area contributed by atoms with Crippen molar-refractivity contribution in [2.45, 2.75) is 6.54 Å². The Morgan fingerprint density at radius 1 is 1.36 bits per heavy atom. The number of rotatable bonds is 2. The van der Waals surface area contributed by atoms with Crippen LogP contribution in [0.4, 0.5) is 0 Å². The summed E-state index contributed by atoms with van der Waals surface area (Å²) in [5, 5.41) is 9.01. The first-order chi connectivity index (χ1) is 6.83. The van der Waals surface area contributed by atoms with Gasteiger partial charge < -0.3 is 0 Å². The van der Waals surface area contributed by atoms with Gasteiger partial charge in [0.1, 0.15) is 11.7 Å². The molecule has 1 aromatic heterocycles. The maximum Gasteiger partial charge on any atom is 0.261 e. The fourth-order valence-corrected chi connectivity index (χ4v) is 2.49. The van der Waals surface area contributed by atoms with E-state index in [2.05, 4.69) is 46.1 Å². The first-order valence-electron chi connectivity index (χ1n) is 4.45. The van der Waals surface area contributed by atoms with Crippen molar-refractivity contribution in [2.75, 3.05) is 7.05 Å². The summed E-state index contributed by atoms with van der Waals surface area (Å²) in [4.78, 5) is 0. The molecule has 14 heavy (non-hydrogen) atoms. The number of aryl methyl sites for hydroxylation is 1. The van der Waals surface area contributed by atoms with Crippen LogP contribution in [0, 0.1) is 0 Å². The summed E-state index contributed by atoms with van der Waals surface area (Å²) < 4.78 is 3.48. The Bertz CT molecular complexity index is 473. The van der Waals surface area contributed by atoms with Crippen molar-refractivity contribution >= 4 is 21.6 Å². The first kappa shape index (κ1) is 9.27. The van der Waals surface area contributed by atoms with E-state index in [0.29, 0.717) is 6.54 Å². The molecule has 0 amide bonds. The number of thiazole rings is 1. The fraction of sp³-hybridized carbons (Fsp3) is 0.300. The van der Waals surface area contributed by atoms with Crippen LogP contribution in [0.15, 0.2) is 34.5 Å². The molecule has 2 rings (SSSR count). The zero-order valence-corrected chi connectivity index (χ0v) is 9.08. The molecule has 1 heterocycles. The standard InChI is InChI=1S/C10H12N3S/c1-11-12-7-10-13(2)8-5-3-4-6-9(8)14-10/h3-6H,7H2,1-2H3/q+1. The molecule has 0 saturated heterocycles. The first-order valence-corrected chi connectivity index (χ1v) is 5.26. The van der Waals surface area contributed by atoms with Gasteiger partial charge in [-0.15, -0.1) is 0 Å². The minimum Gasteiger partial charge on any atom is -0.197 e. The van der Waals surface area contributed by atoms with Crippen LogP contribution in [-0.4, -0.2) is 7.05 Å². The summed E-state index contributed by atoms with van der Waals surface area (Å²) >= 11 is 1.77. The number of hydrogen-bond acceptors (Lipinski definition) is 3. The van der Waals surface area contributed by atoms with Crippen molar-refractivity contribution in [3.05, 3.63) is 29.3 Å². The van der Waals surface area contributed by atoms with Gasteiger partial charge in [-0.1, -0.05) is 23.5 Å². The molecular weight excluding hydrogens is 194 g/mol. The number of nitrogens with zero attached hydrogens (tertiary/aromatic N) is 3. The summed E-state index contributed by atoms with van der Waals surface area (Å²) in [7, 11) is 3.77. The molecule has 0 spiro atoms. The molecule has 0 radical (unpaired) electrons. The molecule has 1 aromatic carbocycles. The van der Waals surface area contributed by atoms with Gasteiger partial charge >= 0.3 is 0 Å². The molecule has 3 nitrogen and oxygen atoms in total. The highest BCUT2D eigenvalue weighted by Gasteiger charge is 2.14. The van der Waals surface area contributed by atoms with Crippen LogP contribution in [-0.2, 0) is 13.6 Å². The lowest BCUT2D eigenvalue weighted by atomic mass is 10.3. The number of para-hydroxylation sites is 1. The lowest BCUT2D eigenvalue weighted by molar-refractivity contribution is -0.648. The van der Waals surface area contributed by atoms with Gasteiger partial charge in [0.2, 0.25) is 5.52 Å². The van der Waals surface area contributed by atoms with E-state index in [0.717, 1.165) is 0 Å². The van der Waals surface area contributed by atoms with E-state index in [-0.39, 0.29) is 0 Å². The van der Waals surface area contributed by atoms with Gasteiger partial charge in [-0.25, -0.2) is 0 Å². The van der Waals surface area contributed by atoms with E-state index < -0.39 is 0 Å². The topological polar surface area (TPSA) is 28.6 Å². The monoisotopic (exact) mass is 206 g/mol. The van der Waals surface area contributed by atoms with E-state index in [1.165, 1.54) is 15.2 Å². The molecule has 4 heteroatoms. The molecule has 0 aliphatic rings. The highest BCUT2D eigenvalue weighted by atomic mass is 32.1. The van der Waals surface area contributed by atoms with E-state index in [9.17, 15) is 0 Å².